The predicted octanol–water partition coefficient (Wildman–Crippen LogP) is 1.77. The van der Waals surface area contributed by atoms with E-state index >= 15 is 0 Å². The summed E-state index contributed by atoms with van der Waals surface area (Å²) in [5.41, 5.74) is 5.59. The first-order valence-electron chi connectivity index (χ1n) is 7.95. The summed E-state index contributed by atoms with van der Waals surface area (Å²) in [6.07, 6.45) is 0.785. The first-order valence-corrected chi connectivity index (χ1v) is 9.10. The van der Waals surface area contributed by atoms with Crippen LogP contribution in [0.15, 0.2) is 0 Å². The Morgan fingerprint density at radius 2 is 1.95 bits per heavy atom. The highest BCUT2D eigenvalue weighted by Gasteiger charge is 2.39. The quantitative estimate of drug-likeness (QED) is 0.835. The van der Waals surface area contributed by atoms with E-state index in [1.807, 2.05) is 20.8 Å². The van der Waals surface area contributed by atoms with Gasteiger partial charge in [0.25, 0.3) is 0 Å². The average molecular weight is 330 g/mol. The van der Waals surface area contributed by atoms with E-state index in [2.05, 4.69) is 13.8 Å². The minimum Gasteiger partial charge on any atom is -0.344 e. The molecule has 1 aliphatic heterocycles. The Morgan fingerprint density at radius 1 is 1.36 bits per heavy atom. The molecule has 2 amide bonds. The van der Waals surface area contributed by atoms with Crippen LogP contribution < -0.4 is 5.73 Å². The molecule has 6 heteroatoms. The zero-order chi connectivity index (χ0) is 17.1. The number of amides is 2. The van der Waals surface area contributed by atoms with Gasteiger partial charge in [0.1, 0.15) is 6.04 Å². The van der Waals surface area contributed by atoms with Crippen molar-refractivity contribution in [3.8, 4) is 0 Å². The van der Waals surface area contributed by atoms with Crippen LogP contribution in [0.4, 0.5) is 0 Å². The van der Waals surface area contributed by atoms with Crippen molar-refractivity contribution in [3.05, 3.63) is 0 Å². The van der Waals surface area contributed by atoms with Gasteiger partial charge in [0.05, 0.1) is 5.88 Å². The molecule has 1 saturated heterocycles. The lowest BCUT2D eigenvalue weighted by Gasteiger charge is -2.32. The van der Waals surface area contributed by atoms with Gasteiger partial charge < -0.3 is 15.5 Å². The van der Waals surface area contributed by atoms with Crippen LogP contribution in [0.3, 0.4) is 0 Å². The van der Waals surface area contributed by atoms with Gasteiger partial charge in [0, 0.05) is 30.8 Å². The van der Waals surface area contributed by atoms with Crippen molar-refractivity contribution in [3.63, 3.8) is 0 Å². The fourth-order valence-corrected chi connectivity index (χ4v) is 3.46. The number of nitrogens with two attached hydrogens (primary N) is 1. The van der Waals surface area contributed by atoms with Gasteiger partial charge in [-0.25, -0.2) is 0 Å². The highest BCUT2D eigenvalue weighted by Crippen LogP contribution is 2.28. The third kappa shape index (κ3) is 4.88. The maximum atomic E-state index is 12.6. The van der Waals surface area contributed by atoms with Crippen LogP contribution in [0.5, 0.6) is 0 Å². The smallest absolute Gasteiger partial charge is 0.246 e. The van der Waals surface area contributed by atoms with Crippen molar-refractivity contribution < 1.29 is 9.59 Å². The van der Waals surface area contributed by atoms with Crippen molar-refractivity contribution >= 4 is 23.6 Å². The Morgan fingerprint density at radius 3 is 2.45 bits per heavy atom. The van der Waals surface area contributed by atoms with Gasteiger partial charge in [-0.05, 0) is 12.3 Å². The maximum Gasteiger partial charge on any atom is 0.246 e. The molecule has 1 heterocycles. The van der Waals surface area contributed by atoms with Crippen LogP contribution in [0.2, 0.25) is 0 Å². The molecule has 2 unspecified atom stereocenters. The molecule has 0 aromatic rings. The molecule has 1 aliphatic rings. The molecule has 2 N–H and O–H groups in total. The minimum absolute atomic E-state index is 0.0264. The number of nitrogens with zero attached hydrogens (tertiary/aromatic N) is 2. The summed E-state index contributed by atoms with van der Waals surface area (Å²) in [5, 5.41) is 0. The third-order valence-electron chi connectivity index (χ3n) is 4.10. The molecule has 0 aromatic heterocycles. The summed E-state index contributed by atoms with van der Waals surface area (Å²) < 4.78 is 0. The normalized spacial score (nSPS) is 20.4. The van der Waals surface area contributed by atoms with Gasteiger partial charge in [-0.3, -0.25) is 9.59 Å². The summed E-state index contributed by atoms with van der Waals surface area (Å²) in [6, 6.07) is -0.238. The number of carbonyl (C=O) groups excluding carboxylic acids is 2. The Labute approximate surface area is 139 Å². The Balaban J connectivity index is 2.65. The van der Waals surface area contributed by atoms with Crippen LogP contribution in [0, 0.1) is 11.3 Å². The molecule has 1 rings (SSSR count). The lowest BCUT2D eigenvalue weighted by Crippen LogP contribution is -2.51. The van der Waals surface area contributed by atoms with E-state index in [9.17, 15) is 9.59 Å². The number of thioether (sulfide) groups is 1. The SMILES string of the molecule is CC(C)C(N)CCN(C)C(=O)C1CSCN1C(=O)C(C)(C)C. The van der Waals surface area contributed by atoms with Gasteiger partial charge in [0.2, 0.25) is 11.8 Å². The molecule has 0 radical (unpaired) electrons. The zero-order valence-electron chi connectivity index (χ0n) is 14.8. The lowest BCUT2D eigenvalue weighted by atomic mass is 9.94. The topological polar surface area (TPSA) is 66.6 Å². The molecule has 0 bridgehead atoms. The summed E-state index contributed by atoms with van der Waals surface area (Å²) in [6.45, 7) is 10.5. The average Bonchev–Trinajstić information content (AvgIpc) is 2.90. The molecule has 0 aliphatic carbocycles. The summed E-state index contributed by atoms with van der Waals surface area (Å²) in [7, 11) is 1.80. The first-order chi connectivity index (χ1) is 10.1. The first kappa shape index (κ1) is 19.3. The molecule has 128 valence electrons. The Kier molecular flexibility index (Phi) is 6.74. The second-order valence-electron chi connectivity index (χ2n) is 7.50. The fraction of sp³-hybridized carbons (Fsp3) is 0.875. The van der Waals surface area contributed by atoms with Gasteiger partial charge in [0.15, 0.2) is 0 Å². The summed E-state index contributed by atoms with van der Waals surface area (Å²) >= 11 is 1.64. The van der Waals surface area contributed by atoms with Crippen molar-refractivity contribution in [1.82, 2.24) is 9.80 Å². The molecule has 0 saturated carbocycles. The van der Waals surface area contributed by atoms with E-state index in [1.165, 1.54) is 0 Å². The van der Waals surface area contributed by atoms with E-state index in [1.54, 1.807) is 28.6 Å². The molecule has 2 atom stereocenters. The van der Waals surface area contributed by atoms with Gasteiger partial charge in [-0.2, -0.15) is 0 Å². The molecule has 1 fully saturated rings. The van der Waals surface area contributed by atoms with E-state index in [4.69, 9.17) is 5.73 Å². The highest BCUT2D eigenvalue weighted by atomic mass is 32.2. The molecular weight excluding hydrogens is 298 g/mol. The number of hydrogen-bond donors (Lipinski definition) is 1. The molecule has 22 heavy (non-hydrogen) atoms. The van der Waals surface area contributed by atoms with Crippen molar-refractivity contribution in [1.29, 1.82) is 0 Å². The van der Waals surface area contributed by atoms with E-state index in [-0.39, 0.29) is 23.9 Å². The third-order valence-corrected chi connectivity index (χ3v) is 5.11. The van der Waals surface area contributed by atoms with Crippen LogP contribution in [-0.4, -0.2) is 58.9 Å². The van der Waals surface area contributed by atoms with Crippen molar-refractivity contribution in [2.75, 3.05) is 25.2 Å². The van der Waals surface area contributed by atoms with Gasteiger partial charge in [-0.15, -0.1) is 11.8 Å². The second-order valence-corrected chi connectivity index (χ2v) is 8.50. The predicted molar refractivity (Wildman–Crippen MR) is 92.5 cm³/mol. The van der Waals surface area contributed by atoms with Crippen molar-refractivity contribution in [2.24, 2.45) is 17.1 Å². The van der Waals surface area contributed by atoms with Crippen LogP contribution in [0.1, 0.15) is 41.0 Å². The highest BCUT2D eigenvalue weighted by molar-refractivity contribution is 7.99. The number of hydrogen-bond acceptors (Lipinski definition) is 4. The number of rotatable bonds is 5. The standard InChI is InChI=1S/C16H31N3O2S/c1-11(2)12(17)7-8-18(6)14(20)13-9-22-10-19(13)15(21)16(3,4)5/h11-13H,7-10,17H2,1-6H3. The summed E-state index contributed by atoms with van der Waals surface area (Å²) in [4.78, 5) is 28.6. The number of carbonyl (C=O) groups is 2. The maximum absolute atomic E-state index is 12.6. The Hall–Kier alpha value is -0.750. The number of likely N-dealkylation sites (N-methyl/N-ethyl adjacent to an activating group) is 1. The largest absolute Gasteiger partial charge is 0.344 e. The van der Waals surface area contributed by atoms with Crippen molar-refractivity contribution in [2.45, 2.75) is 53.1 Å². The van der Waals surface area contributed by atoms with Crippen LogP contribution in [0.25, 0.3) is 0 Å². The van der Waals surface area contributed by atoms with Crippen LogP contribution in [-0.2, 0) is 9.59 Å². The van der Waals surface area contributed by atoms with Crippen LogP contribution >= 0.6 is 11.8 Å². The minimum atomic E-state index is -0.456. The molecule has 0 aromatic carbocycles. The molecule has 0 spiro atoms. The lowest BCUT2D eigenvalue weighted by molar-refractivity contribution is -0.147. The van der Waals surface area contributed by atoms with E-state index < -0.39 is 5.41 Å². The fourth-order valence-electron chi connectivity index (χ4n) is 2.32. The summed E-state index contributed by atoms with van der Waals surface area (Å²) in [5.74, 6) is 1.76. The van der Waals surface area contributed by atoms with E-state index in [0.29, 0.717) is 24.1 Å². The second kappa shape index (κ2) is 7.68. The monoisotopic (exact) mass is 329 g/mol. The molecule has 5 nitrogen and oxygen atoms in total. The van der Waals surface area contributed by atoms with Gasteiger partial charge >= 0.3 is 0 Å². The van der Waals surface area contributed by atoms with Gasteiger partial charge in [-0.1, -0.05) is 34.6 Å². The Bertz CT molecular complexity index is 407. The zero-order valence-corrected chi connectivity index (χ0v) is 15.6. The van der Waals surface area contributed by atoms with E-state index in [0.717, 1.165) is 6.42 Å². The molecular formula is C16H31N3O2S.